The van der Waals surface area contributed by atoms with Gasteiger partial charge in [0, 0.05) is 25.2 Å². The van der Waals surface area contributed by atoms with Gasteiger partial charge in [-0.15, -0.1) is 0 Å². The van der Waals surface area contributed by atoms with Crippen molar-refractivity contribution in [1.82, 2.24) is 14.7 Å². The summed E-state index contributed by atoms with van der Waals surface area (Å²) >= 11 is 0. The summed E-state index contributed by atoms with van der Waals surface area (Å²) in [6, 6.07) is 10.7. The summed E-state index contributed by atoms with van der Waals surface area (Å²) in [5, 5.41) is 4.34. The Bertz CT molecular complexity index is 769. The first-order valence-electron chi connectivity index (χ1n) is 8.47. The number of hydrogen-bond acceptors (Lipinski definition) is 4. The molecular formula is C18H23N5O2. The number of nitrogens with two attached hydrogens (primary N) is 2. The van der Waals surface area contributed by atoms with E-state index in [1.54, 1.807) is 17.0 Å². The van der Waals surface area contributed by atoms with Gasteiger partial charge in [-0.3, -0.25) is 9.59 Å². The Morgan fingerprint density at radius 3 is 2.64 bits per heavy atom. The van der Waals surface area contributed by atoms with Gasteiger partial charge in [-0.1, -0.05) is 18.2 Å². The first-order valence-corrected chi connectivity index (χ1v) is 8.47. The van der Waals surface area contributed by atoms with E-state index in [2.05, 4.69) is 5.10 Å². The molecule has 2 unspecified atom stereocenters. The zero-order chi connectivity index (χ0) is 18.0. The second kappa shape index (κ2) is 7.06. The van der Waals surface area contributed by atoms with Gasteiger partial charge in [-0.2, -0.15) is 5.10 Å². The maximum absolute atomic E-state index is 12.8. The van der Waals surface area contributed by atoms with Crippen LogP contribution in [-0.4, -0.2) is 45.6 Å². The fourth-order valence-electron chi connectivity index (χ4n) is 3.21. The second-order valence-corrected chi connectivity index (χ2v) is 6.54. The van der Waals surface area contributed by atoms with Gasteiger partial charge in [0.2, 0.25) is 0 Å². The van der Waals surface area contributed by atoms with Gasteiger partial charge in [0.1, 0.15) is 5.69 Å². The molecule has 2 atom stereocenters. The number of benzene rings is 1. The minimum absolute atomic E-state index is 0.0404. The van der Waals surface area contributed by atoms with Gasteiger partial charge in [0.25, 0.3) is 11.8 Å². The van der Waals surface area contributed by atoms with Crippen molar-refractivity contribution in [1.29, 1.82) is 0 Å². The van der Waals surface area contributed by atoms with Gasteiger partial charge in [0.15, 0.2) is 5.69 Å². The van der Waals surface area contributed by atoms with Gasteiger partial charge in [-0.05, 0) is 37.8 Å². The average Bonchev–Trinajstić information content (AvgIpc) is 3.07. The van der Waals surface area contributed by atoms with Crippen LogP contribution in [-0.2, 0) is 0 Å². The summed E-state index contributed by atoms with van der Waals surface area (Å²) in [7, 11) is 0. The van der Waals surface area contributed by atoms with E-state index in [-0.39, 0.29) is 29.3 Å². The first-order chi connectivity index (χ1) is 12.0. The third-order valence-corrected chi connectivity index (χ3v) is 4.67. The third-order valence-electron chi connectivity index (χ3n) is 4.67. The maximum atomic E-state index is 12.8. The molecule has 2 heterocycles. The number of likely N-dealkylation sites (tertiary alicyclic amines) is 1. The Kier molecular flexibility index (Phi) is 4.85. The van der Waals surface area contributed by atoms with E-state index in [1.165, 1.54) is 10.7 Å². The van der Waals surface area contributed by atoms with Crippen LogP contribution in [0.3, 0.4) is 0 Å². The van der Waals surface area contributed by atoms with Crippen LogP contribution in [0.4, 0.5) is 0 Å². The van der Waals surface area contributed by atoms with Crippen molar-refractivity contribution >= 4 is 11.8 Å². The zero-order valence-corrected chi connectivity index (χ0v) is 14.3. The molecule has 1 fully saturated rings. The van der Waals surface area contributed by atoms with Crippen molar-refractivity contribution in [2.24, 2.45) is 17.4 Å². The molecule has 2 aromatic rings. The van der Waals surface area contributed by atoms with Crippen molar-refractivity contribution in [3.63, 3.8) is 0 Å². The highest BCUT2D eigenvalue weighted by Crippen LogP contribution is 2.21. The molecule has 4 N–H and O–H groups in total. The van der Waals surface area contributed by atoms with E-state index >= 15 is 0 Å². The number of piperidine rings is 1. The summed E-state index contributed by atoms with van der Waals surface area (Å²) < 4.78 is 1.42. The molecule has 1 aliphatic rings. The summed E-state index contributed by atoms with van der Waals surface area (Å²) in [5.41, 5.74) is 12.6. The summed E-state index contributed by atoms with van der Waals surface area (Å²) in [4.78, 5) is 26.4. The molecule has 1 aromatic heterocycles. The number of carbonyl (C=O) groups excluding carboxylic acids is 2. The molecule has 1 aromatic carbocycles. The summed E-state index contributed by atoms with van der Waals surface area (Å²) in [6.45, 7) is 3.25. The number of aromatic nitrogens is 2. The number of hydrogen-bond donors (Lipinski definition) is 2. The predicted molar refractivity (Wildman–Crippen MR) is 94.4 cm³/mol. The van der Waals surface area contributed by atoms with E-state index in [4.69, 9.17) is 11.5 Å². The molecule has 0 bridgehead atoms. The highest BCUT2D eigenvalue weighted by atomic mass is 16.2. The molecule has 0 radical (unpaired) electrons. The van der Waals surface area contributed by atoms with Crippen molar-refractivity contribution in [3.8, 4) is 5.69 Å². The van der Waals surface area contributed by atoms with E-state index < -0.39 is 5.91 Å². The van der Waals surface area contributed by atoms with Crippen LogP contribution in [0, 0.1) is 5.92 Å². The maximum Gasteiger partial charge on any atom is 0.274 e. The normalized spacial score (nSPS) is 18.8. The van der Waals surface area contributed by atoms with Crippen molar-refractivity contribution in [2.75, 3.05) is 13.1 Å². The number of amides is 2. The lowest BCUT2D eigenvalue weighted by molar-refractivity contribution is 0.0654. The molecule has 0 aliphatic carbocycles. The largest absolute Gasteiger partial charge is 0.364 e. The zero-order valence-electron chi connectivity index (χ0n) is 14.3. The van der Waals surface area contributed by atoms with Crippen LogP contribution < -0.4 is 11.5 Å². The van der Waals surface area contributed by atoms with Crippen LogP contribution in [0.15, 0.2) is 36.4 Å². The van der Waals surface area contributed by atoms with Crippen molar-refractivity contribution < 1.29 is 9.59 Å². The highest BCUT2D eigenvalue weighted by molar-refractivity contribution is 5.97. The fraction of sp³-hybridized carbons (Fsp3) is 0.389. The Morgan fingerprint density at radius 2 is 2.00 bits per heavy atom. The van der Waals surface area contributed by atoms with E-state index in [0.717, 1.165) is 12.8 Å². The second-order valence-electron chi connectivity index (χ2n) is 6.54. The highest BCUT2D eigenvalue weighted by Gasteiger charge is 2.29. The molecule has 7 nitrogen and oxygen atoms in total. The number of primary amides is 1. The van der Waals surface area contributed by atoms with Gasteiger partial charge < -0.3 is 16.4 Å². The molecule has 1 aliphatic heterocycles. The van der Waals surface area contributed by atoms with E-state index in [1.807, 2.05) is 25.1 Å². The number of nitrogens with zero attached hydrogens (tertiary/aromatic N) is 3. The fourth-order valence-corrected chi connectivity index (χ4v) is 3.21. The minimum atomic E-state index is -0.623. The molecule has 0 spiro atoms. The lowest BCUT2D eigenvalue weighted by Crippen LogP contribution is -2.45. The lowest BCUT2D eigenvalue weighted by atomic mass is 9.92. The standard InChI is InChI=1S/C18H23N5O2/c1-12(19)13-6-5-9-22(11-13)18(25)15-10-16(17(20)24)23(21-15)14-7-3-2-4-8-14/h2-4,7-8,10,12-13H,5-6,9,11,19H2,1H3,(H2,20,24). The molecule has 2 amide bonds. The van der Waals surface area contributed by atoms with Gasteiger partial charge in [-0.25, -0.2) is 4.68 Å². The Hall–Kier alpha value is -2.67. The Labute approximate surface area is 146 Å². The third kappa shape index (κ3) is 3.56. The smallest absolute Gasteiger partial charge is 0.274 e. The lowest BCUT2D eigenvalue weighted by Gasteiger charge is -2.34. The summed E-state index contributed by atoms with van der Waals surface area (Å²) in [5.74, 6) is -0.533. The molecule has 1 saturated heterocycles. The number of para-hydroxylation sites is 1. The van der Waals surface area contributed by atoms with Crippen LogP contribution in [0.2, 0.25) is 0 Å². The molecule has 25 heavy (non-hydrogen) atoms. The van der Waals surface area contributed by atoms with Crippen LogP contribution in [0.25, 0.3) is 5.69 Å². The summed E-state index contributed by atoms with van der Waals surface area (Å²) in [6.07, 6.45) is 1.94. The van der Waals surface area contributed by atoms with Gasteiger partial charge >= 0.3 is 0 Å². The van der Waals surface area contributed by atoms with Gasteiger partial charge in [0.05, 0.1) is 5.69 Å². The van der Waals surface area contributed by atoms with Crippen LogP contribution >= 0.6 is 0 Å². The van der Waals surface area contributed by atoms with Crippen LogP contribution in [0.1, 0.15) is 40.7 Å². The average molecular weight is 341 g/mol. The molecule has 3 rings (SSSR count). The van der Waals surface area contributed by atoms with Crippen molar-refractivity contribution in [3.05, 3.63) is 47.8 Å². The molecule has 0 saturated carbocycles. The Balaban J connectivity index is 1.90. The molecule has 132 valence electrons. The van der Waals surface area contributed by atoms with E-state index in [9.17, 15) is 9.59 Å². The SMILES string of the molecule is CC(N)C1CCCN(C(=O)c2cc(C(N)=O)n(-c3ccccc3)n2)C1. The Morgan fingerprint density at radius 1 is 1.28 bits per heavy atom. The van der Waals surface area contributed by atoms with E-state index in [0.29, 0.717) is 18.8 Å². The number of carbonyl (C=O) groups is 2. The molecular weight excluding hydrogens is 318 g/mol. The first kappa shape index (κ1) is 17.2. The topological polar surface area (TPSA) is 107 Å². The quantitative estimate of drug-likeness (QED) is 0.870. The monoisotopic (exact) mass is 341 g/mol. The van der Waals surface area contributed by atoms with Crippen LogP contribution in [0.5, 0.6) is 0 Å². The predicted octanol–water partition coefficient (Wildman–Crippen LogP) is 1.17. The minimum Gasteiger partial charge on any atom is -0.364 e. The molecule has 7 heteroatoms. The van der Waals surface area contributed by atoms with Crippen molar-refractivity contribution in [2.45, 2.75) is 25.8 Å². The number of rotatable bonds is 4.